The molecule has 0 aliphatic carbocycles. The molecule has 0 aliphatic heterocycles. The van der Waals surface area contributed by atoms with Crippen molar-refractivity contribution in [2.75, 3.05) is 14.2 Å². The van der Waals surface area contributed by atoms with Crippen LogP contribution in [0.15, 0.2) is 16.7 Å². The van der Waals surface area contributed by atoms with E-state index in [1.807, 2.05) is 0 Å². The average molecular weight is 332 g/mol. The fourth-order valence-corrected chi connectivity index (χ4v) is 2.29. The first-order chi connectivity index (χ1) is 8.58. The van der Waals surface area contributed by atoms with Gasteiger partial charge in [-0.15, -0.1) is 0 Å². The molecule has 1 aromatic heterocycles. The van der Waals surface area contributed by atoms with Crippen molar-refractivity contribution in [3.8, 4) is 5.75 Å². The molecule has 0 amide bonds. The van der Waals surface area contributed by atoms with Crippen LogP contribution in [0.2, 0.25) is 5.15 Å². The summed E-state index contributed by atoms with van der Waals surface area (Å²) in [5.41, 5.74) is 1.08. The van der Waals surface area contributed by atoms with Gasteiger partial charge in [-0.2, -0.15) is 0 Å². The highest BCUT2D eigenvalue weighted by atomic mass is 79.9. The van der Waals surface area contributed by atoms with Crippen LogP contribution in [-0.4, -0.2) is 30.2 Å². The minimum absolute atomic E-state index is 0.216. The number of fused-ring (bicyclic) bond motifs is 1. The first-order valence-electron chi connectivity index (χ1n) is 4.85. The molecule has 1 heterocycles. The topological polar surface area (TPSA) is 61.3 Å². The second kappa shape index (κ2) is 5.07. The number of rotatable bonds is 2. The Morgan fingerprint density at radius 3 is 2.78 bits per heavy atom. The molecule has 0 bridgehead atoms. The van der Waals surface area contributed by atoms with Crippen LogP contribution >= 0.6 is 27.5 Å². The number of esters is 1. The third kappa shape index (κ3) is 2.13. The molecular formula is C11H8BrClN2O3. The third-order valence-electron chi connectivity index (χ3n) is 2.31. The number of hydrogen-bond acceptors (Lipinski definition) is 5. The standard InChI is InChI=1S/C11H8BrClN2O3/c1-17-10-5(12)3-6-9(8(10)11(16)18-2)14-4-7(13)15-6/h3-4H,1-2H3. The van der Waals surface area contributed by atoms with Gasteiger partial charge in [-0.3, -0.25) is 4.98 Å². The lowest BCUT2D eigenvalue weighted by molar-refractivity contribution is 0.0599. The number of carbonyl (C=O) groups excluding carboxylic acids is 1. The Kier molecular flexibility index (Phi) is 3.68. The van der Waals surface area contributed by atoms with Crippen molar-refractivity contribution >= 4 is 44.5 Å². The largest absolute Gasteiger partial charge is 0.495 e. The van der Waals surface area contributed by atoms with Gasteiger partial charge in [0.25, 0.3) is 0 Å². The van der Waals surface area contributed by atoms with Crippen LogP contribution in [0.25, 0.3) is 11.0 Å². The maximum absolute atomic E-state index is 11.8. The summed E-state index contributed by atoms with van der Waals surface area (Å²) in [4.78, 5) is 20.0. The molecule has 2 rings (SSSR count). The van der Waals surface area contributed by atoms with Gasteiger partial charge in [-0.25, -0.2) is 9.78 Å². The molecule has 1 aromatic carbocycles. The van der Waals surface area contributed by atoms with Crippen molar-refractivity contribution in [3.05, 3.63) is 27.5 Å². The quantitative estimate of drug-likeness (QED) is 0.792. The van der Waals surface area contributed by atoms with E-state index in [1.54, 1.807) is 6.07 Å². The molecule has 7 heteroatoms. The Hall–Kier alpha value is -1.40. The lowest BCUT2D eigenvalue weighted by atomic mass is 10.1. The molecule has 2 aromatic rings. The van der Waals surface area contributed by atoms with E-state index in [2.05, 4.69) is 25.9 Å². The predicted octanol–water partition coefficient (Wildman–Crippen LogP) is 2.84. The van der Waals surface area contributed by atoms with Crippen LogP contribution in [-0.2, 0) is 4.74 Å². The molecule has 0 unspecified atom stereocenters. The second-order valence-electron chi connectivity index (χ2n) is 3.32. The summed E-state index contributed by atoms with van der Waals surface area (Å²) >= 11 is 9.08. The molecule has 0 saturated carbocycles. The minimum Gasteiger partial charge on any atom is -0.495 e. The summed E-state index contributed by atoms with van der Waals surface area (Å²) in [5, 5.41) is 0.246. The molecule has 0 spiro atoms. The number of halogens is 2. The number of benzene rings is 1. The second-order valence-corrected chi connectivity index (χ2v) is 4.56. The Bertz CT molecular complexity index is 633. The van der Waals surface area contributed by atoms with Crippen molar-refractivity contribution < 1.29 is 14.3 Å². The van der Waals surface area contributed by atoms with Crippen molar-refractivity contribution in [1.82, 2.24) is 9.97 Å². The summed E-state index contributed by atoms with van der Waals surface area (Å²) in [5.74, 6) is -0.194. The molecular weight excluding hydrogens is 323 g/mol. The maximum atomic E-state index is 11.8. The first-order valence-corrected chi connectivity index (χ1v) is 6.02. The summed E-state index contributed by atoms with van der Waals surface area (Å²) < 4.78 is 10.5. The van der Waals surface area contributed by atoms with Gasteiger partial charge in [0.1, 0.15) is 22.0 Å². The van der Waals surface area contributed by atoms with Crippen molar-refractivity contribution in [3.63, 3.8) is 0 Å². The van der Waals surface area contributed by atoms with Crippen LogP contribution in [0.3, 0.4) is 0 Å². The maximum Gasteiger partial charge on any atom is 0.344 e. The number of carbonyl (C=O) groups is 1. The highest BCUT2D eigenvalue weighted by Gasteiger charge is 2.22. The van der Waals surface area contributed by atoms with Gasteiger partial charge in [-0.05, 0) is 22.0 Å². The van der Waals surface area contributed by atoms with E-state index in [9.17, 15) is 4.79 Å². The SMILES string of the molecule is COC(=O)c1c(OC)c(Br)cc2nc(Cl)cnc12. The summed E-state index contributed by atoms with van der Waals surface area (Å²) in [6, 6.07) is 1.68. The fraction of sp³-hybridized carbons (Fsp3) is 0.182. The zero-order chi connectivity index (χ0) is 13.3. The van der Waals surface area contributed by atoms with Crippen LogP contribution in [0.4, 0.5) is 0 Å². The Morgan fingerprint density at radius 2 is 2.17 bits per heavy atom. The van der Waals surface area contributed by atoms with Gasteiger partial charge < -0.3 is 9.47 Å². The Labute approximate surface area is 116 Å². The van der Waals surface area contributed by atoms with E-state index in [0.717, 1.165) is 0 Å². The van der Waals surface area contributed by atoms with E-state index in [0.29, 0.717) is 21.3 Å². The van der Waals surface area contributed by atoms with E-state index >= 15 is 0 Å². The molecule has 0 atom stereocenters. The average Bonchev–Trinajstić information content (AvgIpc) is 2.35. The summed E-state index contributed by atoms with van der Waals surface area (Å²) in [7, 11) is 2.75. The number of nitrogens with zero attached hydrogens (tertiary/aromatic N) is 2. The Balaban J connectivity index is 2.87. The van der Waals surface area contributed by atoms with E-state index in [1.165, 1.54) is 20.4 Å². The Morgan fingerprint density at radius 1 is 1.44 bits per heavy atom. The van der Waals surface area contributed by atoms with Gasteiger partial charge in [0, 0.05) is 0 Å². The molecule has 0 N–H and O–H groups in total. The fourth-order valence-electron chi connectivity index (χ4n) is 1.58. The lowest BCUT2D eigenvalue weighted by Gasteiger charge is -2.11. The molecule has 94 valence electrons. The first kappa shape index (κ1) is 13.0. The highest BCUT2D eigenvalue weighted by Crippen LogP contribution is 2.34. The van der Waals surface area contributed by atoms with Crippen LogP contribution in [0.1, 0.15) is 10.4 Å². The van der Waals surface area contributed by atoms with Gasteiger partial charge in [0.2, 0.25) is 0 Å². The van der Waals surface area contributed by atoms with Gasteiger partial charge in [0.05, 0.1) is 30.4 Å². The van der Waals surface area contributed by atoms with Crippen molar-refractivity contribution in [2.24, 2.45) is 0 Å². The number of aromatic nitrogens is 2. The number of hydrogen-bond donors (Lipinski definition) is 0. The zero-order valence-corrected chi connectivity index (χ0v) is 11.9. The number of ether oxygens (including phenoxy) is 2. The van der Waals surface area contributed by atoms with Crippen LogP contribution < -0.4 is 4.74 Å². The minimum atomic E-state index is -0.547. The van der Waals surface area contributed by atoms with Crippen LogP contribution in [0, 0.1) is 0 Å². The monoisotopic (exact) mass is 330 g/mol. The van der Waals surface area contributed by atoms with E-state index in [-0.39, 0.29) is 10.7 Å². The van der Waals surface area contributed by atoms with Crippen molar-refractivity contribution in [1.29, 1.82) is 0 Å². The zero-order valence-electron chi connectivity index (χ0n) is 9.53. The third-order valence-corrected chi connectivity index (χ3v) is 3.08. The molecule has 5 nitrogen and oxygen atoms in total. The molecule has 0 radical (unpaired) electrons. The summed E-state index contributed by atoms with van der Waals surface area (Å²) in [6.45, 7) is 0. The molecule has 0 fully saturated rings. The van der Waals surface area contributed by atoms with E-state index < -0.39 is 5.97 Å². The number of methoxy groups -OCH3 is 2. The van der Waals surface area contributed by atoms with Gasteiger partial charge in [0.15, 0.2) is 0 Å². The predicted molar refractivity (Wildman–Crippen MR) is 70.1 cm³/mol. The smallest absolute Gasteiger partial charge is 0.344 e. The highest BCUT2D eigenvalue weighted by molar-refractivity contribution is 9.10. The lowest BCUT2D eigenvalue weighted by Crippen LogP contribution is -2.07. The van der Waals surface area contributed by atoms with E-state index in [4.69, 9.17) is 21.1 Å². The van der Waals surface area contributed by atoms with Crippen LogP contribution in [0.5, 0.6) is 5.75 Å². The van der Waals surface area contributed by atoms with Crippen molar-refractivity contribution in [2.45, 2.75) is 0 Å². The molecule has 18 heavy (non-hydrogen) atoms. The molecule has 0 saturated heterocycles. The normalized spacial score (nSPS) is 10.4. The summed E-state index contributed by atoms with van der Waals surface area (Å²) in [6.07, 6.45) is 1.36. The van der Waals surface area contributed by atoms with Gasteiger partial charge >= 0.3 is 5.97 Å². The van der Waals surface area contributed by atoms with Gasteiger partial charge in [-0.1, -0.05) is 11.6 Å². The molecule has 0 aliphatic rings.